The Labute approximate surface area is 145 Å². The van der Waals surface area contributed by atoms with Crippen LogP contribution in [-0.4, -0.2) is 32.3 Å². The van der Waals surface area contributed by atoms with Crippen molar-refractivity contribution in [2.45, 2.75) is 0 Å². The second-order valence-electron chi connectivity index (χ2n) is 4.99. The minimum atomic E-state index is -3.67. The second kappa shape index (κ2) is 7.65. The number of hydrogen-bond acceptors (Lipinski definition) is 5. The fourth-order valence-corrected chi connectivity index (χ4v) is 2.93. The molecule has 0 radical (unpaired) electrons. The van der Waals surface area contributed by atoms with E-state index in [1.807, 2.05) is 29.7 Å². The van der Waals surface area contributed by atoms with E-state index in [0.29, 0.717) is 11.8 Å². The maximum absolute atomic E-state index is 11.6. The molecule has 1 aliphatic carbocycles. The Bertz CT molecular complexity index is 866. The number of hydrogen-bond donors (Lipinski definition) is 1. The Hall–Kier alpha value is -2.09. The fourth-order valence-electron chi connectivity index (χ4n) is 2.06. The minimum absolute atomic E-state index is 0.297. The molecule has 0 fully saturated rings. The molecule has 126 valence electrons. The molecule has 1 heterocycles. The van der Waals surface area contributed by atoms with Crippen LogP contribution in [0, 0.1) is 0 Å². The largest absolute Gasteiger partial charge is 0.465 e. The van der Waals surface area contributed by atoms with Gasteiger partial charge in [0.2, 0.25) is 0 Å². The first kappa shape index (κ1) is 18.3. The molecule has 0 saturated carbocycles. The lowest BCUT2D eigenvalue weighted by Gasteiger charge is -2.12. The van der Waals surface area contributed by atoms with Gasteiger partial charge in [-0.25, -0.2) is 4.79 Å². The van der Waals surface area contributed by atoms with Gasteiger partial charge in [-0.3, -0.25) is 4.55 Å². The van der Waals surface area contributed by atoms with Crippen molar-refractivity contribution in [3.63, 3.8) is 0 Å². The average Bonchev–Trinajstić information content (AvgIpc) is 2.71. The molecule has 3 rings (SSSR count). The van der Waals surface area contributed by atoms with E-state index in [-0.39, 0.29) is 5.97 Å². The van der Waals surface area contributed by atoms with E-state index in [1.54, 1.807) is 11.8 Å². The van der Waals surface area contributed by atoms with Gasteiger partial charge < -0.3 is 4.74 Å². The number of thioether (sulfide) groups is 1. The second-order valence-corrected chi connectivity index (χ2v) is 7.36. The fraction of sp³-hybridized carbons (Fsp3) is 0.118. The number of benzene rings is 1. The lowest BCUT2D eigenvalue weighted by atomic mass is 10.1. The van der Waals surface area contributed by atoms with Crippen molar-refractivity contribution in [1.29, 1.82) is 0 Å². The van der Waals surface area contributed by atoms with Gasteiger partial charge in [0.25, 0.3) is 10.1 Å². The van der Waals surface area contributed by atoms with Crippen molar-refractivity contribution < 1.29 is 22.5 Å². The van der Waals surface area contributed by atoms with Gasteiger partial charge in [-0.15, -0.1) is 0 Å². The van der Waals surface area contributed by atoms with Crippen LogP contribution in [0.3, 0.4) is 0 Å². The summed E-state index contributed by atoms with van der Waals surface area (Å²) < 4.78 is 30.6. The summed E-state index contributed by atoms with van der Waals surface area (Å²) in [7, 11) is -2.27. The third kappa shape index (κ3) is 5.23. The van der Waals surface area contributed by atoms with Crippen molar-refractivity contribution in [2.75, 3.05) is 13.4 Å². The lowest BCUT2D eigenvalue weighted by Crippen LogP contribution is -2.05. The molecule has 0 saturated heterocycles. The first-order chi connectivity index (χ1) is 11.3. The van der Waals surface area contributed by atoms with Crippen molar-refractivity contribution >= 4 is 40.0 Å². The van der Waals surface area contributed by atoms with Crippen LogP contribution in [0.2, 0.25) is 0 Å². The van der Waals surface area contributed by atoms with Gasteiger partial charge in [0, 0.05) is 4.91 Å². The van der Waals surface area contributed by atoms with Crippen molar-refractivity contribution in [2.24, 2.45) is 0 Å². The standard InChI is InChI=1S/C16H12O2S.CH4O3S/c1-18-16(17)14-8-13-7-6-11-4-2-3-5-12(11)9-15(13)19-10-14;1-5(2,3)4/h2-10H,1H3;1H3,(H,2,3,4). The smallest absolute Gasteiger partial charge is 0.338 e. The molecule has 7 heteroatoms. The van der Waals surface area contributed by atoms with Gasteiger partial charge in [0.15, 0.2) is 0 Å². The van der Waals surface area contributed by atoms with E-state index >= 15 is 0 Å². The Kier molecular flexibility index (Phi) is 5.82. The third-order valence-corrected chi connectivity index (χ3v) is 4.03. The molecule has 0 atom stereocenters. The number of esters is 1. The zero-order chi connectivity index (χ0) is 17.7. The molecule has 1 N–H and O–H groups in total. The number of carbonyl (C=O) groups is 1. The van der Waals surface area contributed by atoms with Gasteiger partial charge in [0.1, 0.15) is 0 Å². The molecule has 1 aliphatic heterocycles. The monoisotopic (exact) mass is 364 g/mol. The Balaban J connectivity index is 0.000000368. The molecule has 24 heavy (non-hydrogen) atoms. The van der Waals surface area contributed by atoms with Crippen molar-refractivity contribution in [3.8, 4) is 0 Å². The molecule has 1 aromatic carbocycles. The van der Waals surface area contributed by atoms with Gasteiger partial charge in [0.05, 0.1) is 18.9 Å². The van der Waals surface area contributed by atoms with E-state index in [0.717, 1.165) is 10.5 Å². The molecule has 0 bridgehead atoms. The van der Waals surface area contributed by atoms with Crippen LogP contribution in [0.25, 0.3) is 12.2 Å². The Morgan fingerprint density at radius 1 is 1.12 bits per heavy atom. The first-order valence-electron chi connectivity index (χ1n) is 6.86. The van der Waals surface area contributed by atoms with Crippen molar-refractivity contribution in [3.05, 3.63) is 69.0 Å². The number of carbonyl (C=O) groups excluding carboxylic acids is 1. The van der Waals surface area contributed by atoms with Gasteiger partial charge in [-0.05, 0) is 34.3 Å². The van der Waals surface area contributed by atoms with Crippen LogP contribution in [-0.2, 0) is 19.6 Å². The van der Waals surface area contributed by atoms with E-state index < -0.39 is 10.1 Å². The maximum Gasteiger partial charge on any atom is 0.338 e. The van der Waals surface area contributed by atoms with Gasteiger partial charge in [-0.1, -0.05) is 48.2 Å². The highest BCUT2D eigenvalue weighted by Gasteiger charge is 2.17. The summed E-state index contributed by atoms with van der Waals surface area (Å²) >= 11 is 1.55. The van der Waals surface area contributed by atoms with Crippen molar-refractivity contribution in [1.82, 2.24) is 0 Å². The van der Waals surface area contributed by atoms with Crippen LogP contribution in [0.5, 0.6) is 0 Å². The first-order valence-corrected chi connectivity index (χ1v) is 9.59. The molecule has 0 spiro atoms. The predicted molar refractivity (Wildman–Crippen MR) is 96.7 cm³/mol. The molecule has 0 aromatic heterocycles. The zero-order valence-electron chi connectivity index (χ0n) is 13.1. The van der Waals surface area contributed by atoms with E-state index in [2.05, 4.69) is 24.3 Å². The molecular weight excluding hydrogens is 348 g/mol. The number of allylic oxidation sites excluding steroid dienone is 2. The van der Waals surface area contributed by atoms with Crippen LogP contribution >= 0.6 is 11.8 Å². The molecule has 5 nitrogen and oxygen atoms in total. The summed E-state index contributed by atoms with van der Waals surface area (Å²) in [6.45, 7) is 0. The number of methoxy groups -OCH3 is 1. The average molecular weight is 364 g/mol. The number of rotatable bonds is 1. The normalized spacial score (nSPS) is 15.4. The van der Waals surface area contributed by atoms with Crippen LogP contribution < -0.4 is 0 Å². The molecular formula is C17H16O5S2. The summed E-state index contributed by atoms with van der Waals surface area (Å²) in [5.41, 5.74) is 4.02. The SMILES string of the molecule is COC(=O)C1=CSC2=Cc3ccccc3C=CC2=C1.CS(=O)(=O)O. The Morgan fingerprint density at radius 2 is 1.75 bits per heavy atom. The topological polar surface area (TPSA) is 80.7 Å². The van der Waals surface area contributed by atoms with E-state index in [4.69, 9.17) is 9.29 Å². The quantitative estimate of drug-likeness (QED) is 0.608. The van der Waals surface area contributed by atoms with Gasteiger partial charge >= 0.3 is 5.97 Å². The third-order valence-electron chi connectivity index (χ3n) is 3.05. The molecule has 1 aromatic rings. The molecule has 0 amide bonds. The maximum atomic E-state index is 11.6. The summed E-state index contributed by atoms with van der Waals surface area (Å²) in [5.74, 6) is -0.297. The highest BCUT2D eigenvalue weighted by Crippen LogP contribution is 2.37. The van der Waals surface area contributed by atoms with Crippen LogP contribution in [0.15, 0.2) is 57.9 Å². The highest BCUT2D eigenvalue weighted by atomic mass is 32.2. The van der Waals surface area contributed by atoms with Gasteiger partial charge in [-0.2, -0.15) is 8.42 Å². The number of ether oxygens (including phenoxy) is 1. The van der Waals surface area contributed by atoms with Crippen LogP contribution in [0.4, 0.5) is 0 Å². The summed E-state index contributed by atoms with van der Waals surface area (Å²) in [6.07, 6.45) is 8.85. The predicted octanol–water partition coefficient (Wildman–Crippen LogP) is 3.29. The van der Waals surface area contributed by atoms with E-state index in [1.165, 1.54) is 18.2 Å². The molecule has 2 aliphatic rings. The zero-order valence-corrected chi connectivity index (χ0v) is 14.7. The number of fused-ring (bicyclic) bond motifs is 2. The lowest BCUT2D eigenvalue weighted by molar-refractivity contribution is -0.135. The van der Waals surface area contributed by atoms with Crippen LogP contribution in [0.1, 0.15) is 11.1 Å². The Morgan fingerprint density at radius 3 is 2.38 bits per heavy atom. The highest BCUT2D eigenvalue weighted by molar-refractivity contribution is 8.06. The molecule has 0 unspecified atom stereocenters. The summed E-state index contributed by atoms with van der Waals surface area (Å²) in [5, 5.41) is 1.84. The summed E-state index contributed by atoms with van der Waals surface area (Å²) in [4.78, 5) is 12.7. The minimum Gasteiger partial charge on any atom is -0.465 e. The van der Waals surface area contributed by atoms with E-state index in [9.17, 15) is 13.2 Å². The summed E-state index contributed by atoms with van der Waals surface area (Å²) in [6, 6.07) is 8.23.